The van der Waals surface area contributed by atoms with E-state index in [0.29, 0.717) is 15.7 Å². The van der Waals surface area contributed by atoms with Gasteiger partial charge in [-0.2, -0.15) is 0 Å². The van der Waals surface area contributed by atoms with Crippen molar-refractivity contribution in [3.8, 4) is 10.6 Å². The number of nitrogens with one attached hydrogen (secondary N) is 1. The minimum absolute atomic E-state index is 0.302. The van der Waals surface area contributed by atoms with Crippen LogP contribution in [0.15, 0.2) is 53.0 Å². The Morgan fingerprint density at radius 3 is 2.55 bits per heavy atom. The van der Waals surface area contributed by atoms with Gasteiger partial charge in [-0.15, -0.1) is 10.2 Å². The number of amides is 1. The Morgan fingerprint density at radius 2 is 1.82 bits per heavy atom. The van der Waals surface area contributed by atoms with Gasteiger partial charge in [-0.3, -0.25) is 10.1 Å². The van der Waals surface area contributed by atoms with Crippen molar-refractivity contribution in [3.63, 3.8) is 0 Å². The summed E-state index contributed by atoms with van der Waals surface area (Å²) in [4.78, 5) is 12.2. The lowest BCUT2D eigenvalue weighted by Gasteiger charge is -2.02. The molecule has 0 aliphatic heterocycles. The van der Waals surface area contributed by atoms with Gasteiger partial charge in [0.15, 0.2) is 0 Å². The summed E-state index contributed by atoms with van der Waals surface area (Å²) in [6.07, 6.45) is 0. The molecule has 0 atom stereocenters. The van der Waals surface area contributed by atoms with Gasteiger partial charge >= 0.3 is 0 Å². The molecule has 0 bridgehead atoms. The van der Waals surface area contributed by atoms with Crippen LogP contribution in [0.25, 0.3) is 10.6 Å². The molecule has 1 heterocycles. The second-order valence-electron chi connectivity index (χ2n) is 4.35. The quantitative estimate of drug-likeness (QED) is 0.689. The fraction of sp³-hybridized carbons (Fsp3) is 0. The van der Waals surface area contributed by atoms with Crippen LogP contribution in [0.1, 0.15) is 10.4 Å². The molecule has 22 heavy (non-hydrogen) atoms. The summed E-state index contributed by atoms with van der Waals surface area (Å²) < 4.78 is 0.994. The SMILES string of the molecule is O=C(Nc1nnc(-c2ccc(Br)cc2)s1)c1ccccc1Cl. The molecule has 0 unspecified atom stereocenters. The van der Waals surface area contributed by atoms with Crippen LogP contribution >= 0.6 is 38.9 Å². The van der Waals surface area contributed by atoms with Crippen molar-refractivity contribution < 1.29 is 4.79 Å². The number of anilines is 1. The van der Waals surface area contributed by atoms with Crippen LogP contribution in [0.2, 0.25) is 5.02 Å². The monoisotopic (exact) mass is 393 g/mol. The summed E-state index contributed by atoms with van der Waals surface area (Å²) in [5.74, 6) is -0.302. The van der Waals surface area contributed by atoms with E-state index in [1.54, 1.807) is 24.3 Å². The number of rotatable bonds is 3. The predicted octanol–water partition coefficient (Wildman–Crippen LogP) is 4.87. The molecule has 110 valence electrons. The third-order valence-corrected chi connectivity index (χ3v) is 4.60. The van der Waals surface area contributed by atoms with Crippen molar-refractivity contribution in [1.82, 2.24) is 10.2 Å². The van der Waals surface area contributed by atoms with Crippen LogP contribution in [0.3, 0.4) is 0 Å². The molecule has 2 aromatic carbocycles. The molecule has 0 fully saturated rings. The first-order valence-corrected chi connectivity index (χ1v) is 8.27. The molecule has 3 rings (SSSR count). The zero-order valence-corrected chi connectivity index (χ0v) is 14.2. The van der Waals surface area contributed by atoms with Gasteiger partial charge in [0.1, 0.15) is 5.01 Å². The van der Waals surface area contributed by atoms with E-state index >= 15 is 0 Å². The van der Waals surface area contributed by atoms with Crippen molar-refractivity contribution >= 4 is 49.9 Å². The van der Waals surface area contributed by atoms with Gasteiger partial charge in [0.25, 0.3) is 5.91 Å². The summed E-state index contributed by atoms with van der Waals surface area (Å²) >= 11 is 10.7. The Hall–Kier alpha value is -1.76. The van der Waals surface area contributed by atoms with Crippen LogP contribution < -0.4 is 5.32 Å². The van der Waals surface area contributed by atoms with E-state index in [0.717, 1.165) is 15.0 Å². The van der Waals surface area contributed by atoms with Gasteiger partial charge in [-0.1, -0.05) is 63.1 Å². The zero-order chi connectivity index (χ0) is 15.5. The molecular formula is C15H9BrClN3OS. The molecule has 0 saturated carbocycles. The first kappa shape index (κ1) is 15.1. The van der Waals surface area contributed by atoms with E-state index in [1.165, 1.54) is 11.3 Å². The number of hydrogen-bond donors (Lipinski definition) is 1. The number of hydrogen-bond acceptors (Lipinski definition) is 4. The van der Waals surface area contributed by atoms with Gasteiger partial charge in [-0.05, 0) is 24.3 Å². The van der Waals surface area contributed by atoms with Crippen LogP contribution in [-0.4, -0.2) is 16.1 Å². The van der Waals surface area contributed by atoms with E-state index < -0.39 is 0 Å². The summed E-state index contributed by atoms with van der Waals surface area (Å²) in [5.41, 5.74) is 1.35. The molecule has 1 aromatic heterocycles. The molecule has 0 radical (unpaired) electrons. The summed E-state index contributed by atoms with van der Waals surface area (Å²) in [7, 11) is 0. The Labute approximate surface area is 144 Å². The number of halogens is 2. The van der Waals surface area contributed by atoms with E-state index in [1.807, 2.05) is 24.3 Å². The normalized spacial score (nSPS) is 10.5. The van der Waals surface area contributed by atoms with Crippen molar-refractivity contribution in [1.29, 1.82) is 0 Å². The van der Waals surface area contributed by atoms with Crippen molar-refractivity contribution in [2.45, 2.75) is 0 Å². The van der Waals surface area contributed by atoms with Crippen LogP contribution in [0.4, 0.5) is 5.13 Å². The third-order valence-electron chi connectivity index (χ3n) is 2.86. The molecular weight excluding hydrogens is 386 g/mol. The van der Waals surface area contributed by atoms with E-state index in [-0.39, 0.29) is 5.91 Å². The lowest BCUT2D eigenvalue weighted by molar-refractivity contribution is 0.102. The standard InChI is InChI=1S/C15H9BrClN3OS/c16-10-7-5-9(6-8-10)14-19-20-15(22-14)18-13(21)11-3-1-2-4-12(11)17/h1-8H,(H,18,20,21). The largest absolute Gasteiger partial charge is 0.296 e. The molecule has 0 aliphatic rings. The maximum atomic E-state index is 12.2. The van der Waals surface area contributed by atoms with Crippen molar-refractivity contribution in [2.75, 3.05) is 5.32 Å². The fourth-order valence-electron chi connectivity index (χ4n) is 1.79. The highest BCUT2D eigenvalue weighted by molar-refractivity contribution is 9.10. The summed E-state index contributed by atoms with van der Waals surface area (Å²) in [6, 6.07) is 14.6. The fourth-order valence-corrected chi connectivity index (χ4v) is 3.02. The molecule has 1 amide bonds. The maximum absolute atomic E-state index is 12.2. The Morgan fingerprint density at radius 1 is 1.09 bits per heavy atom. The van der Waals surface area contributed by atoms with Crippen molar-refractivity contribution in [2.24, 2.45) is 0 Å². The highest BCUT2D eigenvalue weighted by Crippen LogP contribution is 2.28. The highest BCUT2D eigenvalue weighted by atomic mass is 79.9. The number of carbonyl (C=O) groups excluding carboxylic acids is 1. The maximum Gasteiger partial charge on any atom is 0.259 e. The lowest BCUT2D eigenvalue weighted by Crippen LogP contribution is -2.12. The molecule has 1 N–H and O–H groups in total. The van der Waals surface area contributed by atoms with Crippen LogP contribution in [-0.2, 0) is 0 Å². The van der Waals surface area contributed by atoms with Gasteiger partial charge in [0.05, 0.1) is 10.6 Å². The van der Waals surface area contributed by atoms with Gasteiger partial charge < -0.3 is 0 Å². The van der Waals surface area contributed by atoms with Gasteiger partial charge in [-0.25, -0.2) is 0 Å². The van der Waals surface area contributed by atoms with Gasteiger partial charge in [0.2, 0.25) is 5.13 Å². The molecule has 7 heteroatoms. The minimum atomic E-state index is -0.302. The van der Waals surface area contributed by atoms with Crippen molar-refractivity contribution in [3.05, 3.63) is 63.6 Å². The minimum Gasteiger partial charge on any atom is -0.296 e. The smallest absolute Gasteiger partial charge is 0.259 e. The van der Waals surface area contributed by atoms with E-state index in [2.05, 4.69) is 31.4 Å². The lowest BCUT2D eigenvalue weighted by atomic mass is 10.2. The van der Waals surface area contributed by atoms with E-state index in [4.69, 9.17) is 11.6 Å². The Kier molecular flexibility index (Phi) is 4.52. The van der Waals surface area contributed by atoms with Crippen LogP contribution in [0, 0.1) is 0 Å². The number of carbonyl (C=O) groups is 1. The molecule has 0 spiro atoms. The highest BCUT2D eigenvalue weighted by Gasteiger charge is 2.13. The molecule has 4 nitrogen and oxygen atoms in total. The first-order valence-electron chi connectivity index (χ1n) is 6.29. The molecule has 0 aliphatic carbocycles. The molecule has 0 saturated heterocycles. The summed E-state index contributed by atoms with van der Waals surface area (Å²) in [5, 5.41) is 12.4. The number of nitrogens with zero attached hydrogens (tertiary/aromatic N) is 2. The topological polar surface area (TPSA) is 54.9 Å². The van der Waals surface area contributed by atoms with Crippen LogP contribution in [0.5, 0.6) is 0 Å². The Balaban J connectivity index is 1.78. The molecule has 3 aromatic rings. The average molecular weight is 395 g/mol. The van der Waals surface area contributed by atoms with Gasteiger partial charge in [0, 0.05) is 10.0 Å². The second-order valence-corrected chi connectivity index (χ2v) is 6.65. The first-order chi connectivity index (χ1) is 10.6. The zero-order valence-electron chi connectivity index (χ0n) is 11.1. The van der Waals surface area contributed by atoms with E-state index in [9.17, 15) is 4.79 Å². The summed E-state index contributed by atoms with van der Waals surface area (Å²) in [6.45, 7) is 0. The average Bonchev–Trinajstić information content (AvgIpc) is 2.97. The predicted molar refractivity (Wildman–Crippen MR) is 92.5 cm³/mol. The third kappa shape index (κ3) is 3.35. The Bertz CT molecular complexity index is 820. The number of benzene rings is 2. The number of aromatic nitrogens is 2. The second kappa shape index (κ2) is 6.56.